The number of benzene rings is 3. The molecule has 2 amide bonds. The molecule has 3 aromatic carbocycles. The maximum atomic E-state index is 12.6. The highest BCUT2D eigenvalue weighted by Gasteiger charge is 2.24. The van der Waals surface area contributed by atoms with Crippen LogP contribution >= 0.6 is 23.4 Å². The lowest BCUT2D eigenvalue weighted by molar-refractivity contribution is -0.115. The molecular weight excluding hydrogens is 472 g/mol. The highest BCUT2D eigenvalue weighted by Crippen LogP contribution is 2.28. The van der Waals surface area contributed by atoms with Gasteiger partial charge in [-0.25, -0.2) is 8.42 Å². The predicted octanol–water partition coefficient (Wildman–Crippen LogP) is 5.26. The van der Waals surface area contributed by atoms with E-state index in [1.165, 1.54) is 12.1 Å². The largest absolute Gasteiger partial charge is 0.457 e. The molecule has 1 heterocycles. The van der Waals surface area contributed by atoms with Crippen LogP contribution in [-0.2, 0) is 14.8 Å². The Morgan fingerprint density at radius 3 is 2.12 bits per heavy atom. The van der Waals surface area contributed by atoms with Crippen LogP contribution in [0.4, 0.5) is 10.5 Å². The van der Waals surface area contributed by atoms with Gasteiger partial charge in [-0.15, -0.1) is 0 Å². The van der Waals surface area contributed by atoms with Crippen LogP contribution < -0.4 is 14.8 Å². The molecule has 4 rings (SSSR count). The van der Waals surface area contributed by atoms with Gasteiger partial charge in [0.05, 0.1) is 20.5 Å². The average Bonchev–Trinajstić information content (AvgIpc) is 3.08. The molecule has 0 spiro atoms. The maximum Gasteiger partial charge on any atom is 0.290 e. The summed E-state index contributed by atoms with van der Waals surface area (Å²) in [7, 11) is -3.81. The summed E-state index contributed by atoms with van der Waals surface area (Å²) in [6.07, 6.45) is 1.61. The molecule has 0 aromatic heterocycles. The minimum atomic E-state index is -3.81. The Kier molecular flexibility index (Phi) is 6.22. The van der Waals surface area contributed by atoms with Crippen molar-refractivity contribution in [2.24, 2.45) is 0 Å². The van der Waals surface area contributed by atoms with E-state index in [4.69, 9.17) is 16.3 Å². The standard InChI is InChI=1S/C22H15ClN2O5S2/c23-18-3-1-2-4-19(18)25-32(28,29)17-11-9-16(10-12-17)30-15-7-5-14(6-8-15)13-20-21(26)24-22(27)31-20/h1-13,25H,(H,24,26,27). The molecule has 1 saturated heterocycles. The third kappa shape index (κ3) is 5.13. The van der Waals surface area contributed by atoms with Crippen molar-refractivity contribution in [2.45, 2.75) is 4.90 Å². The summed E-state index contributed by atoms with van der Waals surface area (Å²) in [6.45, 7) is 0. The molecule has 0 aliphatic carbocycles. The highest BCUT2D eigenvalue weighted by molar-refractivity contribution is 8.18. The van der Waals surface area contributed by atoms with Gasteiger partial charge in [0.1, 0.15) is 11.5 Å². The van der Waals surface area contributed by atoms with Crippen LogP contribution in [0.5, 0.6) is 11.5 Å². The molecule has 1 aliphatic heterocycles. The molecule has 2 N–H and O–H groups in total. The molecule has 32 heavy (non-hydrogen) atoms. The van der Waals surface area contributed by atoms with Crippen LogP contribution in [0, 0.1) is 0 Å². The topological polar surface area (TPSA) is 102 Å². The van der Waals surface area contributed by atoms with E-state index in [0.717, 1.165) is 17.3 Å². The van der Waals surface area contributed by atoms with Gasteiger partial charge in [0.15, 0.2) is 0 Å². The van der Waals surface area contributed by atoms with E-state index in [-0.39, 0.29) is 4.90 Å². The summed E-state index contributed by atoms with van der Waals surface area (Å²) in [5.74, 6) is 0.556. The zero-order valence-electron chi connectivity index (χ0n) is 16.2. The number of carbonyl (C=O) groups is 2. The van der Waals surface area contributed by atoms with Crippen molar-refractivity contribution in [1.29, 1.82) is 0 Å². The summed E-state index contributed by atoms with van der Waals surface area (Å²) >= 11 is 6.87. The number of halogens is 1. The Hall–Kier alpha value is -3.27. The number of amides is 2. The van der Waals surface area contributed by atoms with E-state index in [0.29, 0.717) is 27.1 Å². The molecule has 1 aliphatic rings. The molecule has 162 valence electrons. The number of ether oxygens (including phenoxy) is 1. The number of thioether (sulfide) groups is 1. The fourth-order valence-corrected chi connectivity index (χ4v) is 4.78. The Bertz CT molecular complexity index is 1320. The first-order valence-electron chi connectivity index (χ1n) is 9.20. The third-order valence-corrected chi connectivity index (χ3v) is 6.83. The molecule has 0 saturated carbocycles. The van der Waals surface area contributed by atoms with E-state index >= 15 is 0 Å². The number of sulfonamides is 1. The fourth-order valence-electron chi connectivity index (χ4n) is 2.78. The number of imide groups is 1. The first kappa shape index (κ1) is 21.9. The summed E-state index contributed by atoms with van der Waals surface area (Å²) in [5.41, 5.74) is 1.03. The van der Waals surface area contributed by atoms with Crippen LogP contribution in [0.15, 0.2) is 82.6 Å². The minimum Gasteiger partial charge on any atom is -0.457 e. The van der Waals surface area contributed by atoms with Crippen molar-refractivity contribution in [1.82, 2.24) is 5.32 Å². The van der Waals surface area contributed by atoms with Gasteiger partial charge in [-0.1, -0.05) is 35.9 Å². The third-order valence-electron chi connectivity index (χ3n) is 4.31. The zero-order valence-corrected chi connectivity index (χ0v) is 18.6. The zero-order chi connectivity index (χ0) is 22.7. The van der Waals surface area contributed by atoms with Crippen molar-refractivity contribution < 1.29 is 22.7 Å². The number of carbonyl (C=O) groups excluding carboxylic acids is 2. The molecule has 0 radical (unpaired) electrons. The van der Waals surface area contributed by atoms with Crippen LogP contribution in [0.3, 0.4) is 0 Å². The molecule has 1 fully saturated rings. The normalized spacial score (nSPS) is 15.0. The SMILES string of the molecule is O=C1NC(=O)C(=Cc2ccc(Oc3ccc(S(=O)(=O)Nc4ccccc4Cl)cc3)cc2)S1. The Balaban J connectivity index is 1.43. The van der Waals surface area contributed by atoms with Crippen molar-refractivity contribution in [3.05, 3.63) is 88.3 Å². The Morgan fingerprint density at radius 1 is 0.906 bits per heavy atom. The van der Waals surface area contributed by atoms with E-state index in [9.17, 15) is 18.0 Å². The molecule has 10 heteroatoms. The number of hydrogen-bond acceptors (Lipinski definition) is 6. The van der Waals surface area contributed by atoms with Gasteiger partial charge in [0, 0.05) is 0 Å². The quantitative estimate of drug-likeness (QED) is 0.461. The average molecular weight is 487 g/mol. The monoisotopic (exact) mass is 486 g/mol. The van der Waals surface area contributed by atoms with Gasteiger partial charge in [0.2, 0.25) is 0 Å². The maximum absolute atomic E-state index is 12.6. The van der Waals surface area contributed by atoms with E-state index in [1.54, 1.807) is 66.7 Å². The minimum absolute atomic E-state index is 0.0635. The number of hydrogen-bond donors (Lipinski definition) is 2. The molecule has 0 unspecified atom stereocenters. The summed E-state index contributed by atoms with van der Waals surface area (Å²) in [5, 5.41) is 2.11. The lowest BCUT2D eigenvalue weighted by atomic mass is 10.2. The Morgan fingerprint density at radius 2 is 1.53 bits per heavy atom. The molecule has 7 nitrogen and oxygen atoms in total. The fraction of sp³-hybridized carbons (Fsp3) is 0. The van der Waals surface area contributed by atoms with Crippen molar-refractivity contribution in [3.63, 3.8) is 0 Å². The number of rotatable bonds is 6. The van der Waals surface area contributed by atoms with Crippen LogP contribution in [0.2, 0.25) is 5.02 Å². The van der Waals surface area contributed by atoms with Crippen molar-refractivity contribution >= 4 is 56.3 Å². The molecule has 0 atom stereocenters. The van der Waals surface area contributed by atoms with E-state index in [2.05, 4.69) is 10.0 Å². The van der Waals surface area contributed by atoms with Crippen LogP contribution in [0.25, 0.3) is 6.08 Å². The number of anilines is 1. The van der Waals surface area contributed by atoms with Gasteiger partial charge >= 0.3 is 0 Å². The van der Waals surface area contributed by atoms with Gasteiger partial charge in [-0.05, 0) is 71.9 Å². The highest BCUT2D eigenvalue weighted by atomic mass is 35.5. The first-order chi connectivity index (χ1) is 15.3. The predicted molar refractivity (Wildman–Crippen MR) is 124 cm³/mol. The summed E-state index contributed by atoms with van der Waals surface area (Å²) < 4.78 is 33.4. The van der Waals surface area contributed by atoms with Gasteiger partial charge < -0.3 is 4.74 Å². The lowest BCUT2D eigenvalue weighted by Crippen LogP contribution is -2.17. The molecular formula is C22H15ClN2O5S2. The van der Waals surface area contributed by atoms with Gasteiger partial charge in [-0.3, -0.25) is 19.6 Å². The second-order valence-electron chi connectivity index (χ2n) is 6.58. The second-order valence-corrected chi connectivity index (χ2v) is 9.68. The van der Waals surface area contributed by atoms with Crippen molar-refractivity contribution in [3.8, 4) is 11.5 Å². The van der Waals surface area contributed by atoms with Crippen LogP contribution in [0.1, 0.15) is 5.56 Å². The van der Waals surface area contributed by atoms with E-state index in [1.807, 2.05) is 0 Å². The summed E-state index contributed by atoms with van der Waals surface area (Å²) in [6, 6.07) is 19.4. The summed E-state index contributed by atoms with van der Waals surface area (Å²) in [4.78, 5) is 23.2. The second kappa shape index (κ2) is 9.07. The lowest BCUT2D eigenvalue weighted by Gasteiger charge is -2.10. The number of nitrogens with one attached hydrogen (secondary N) is 2. The smallest absolute Gasteiger partial charge is 0.290 e. The van der Waals surface area contributed by atoms with E-state index < -0.39 is 21.2 Å². The van der Waals surface area contributed by atoms with Crippen molar-refractivity contribution in [2.75, 3.05) is 4.72 Å². The Labute approximate surface area is 193 Å². The van der Waals surface area contributed by atoms with Gasteiger partial charge in [-0.2, -0.15) is 0 Å². The molecule has 3 aromatic rings. The van der Waals surface area contributed by atoms with Crippen LogP contribution in [-0.4, -0.2) is 19.6 Å². The van der Waals surface area contributed by atoms with Gasteiger partial charge in [0.25, 0.3) is 21.2 Å². The number of para-hydroxylation sites is 1. The molecule has 0 bridgehead atoms. The first-order valence-corrected chi connectivity index (χ1v) is 11.9.